The van der Waals surface area contributed by atoms with Crippen molar-refractivity contribution < 1.29 is 9.59 Å². The van der Waals surface area contributed by atoms with Crippen LogP contribution in [0.4, 0.5) is 5.82 Å². The average Bonchev–Trinajstić information content (AvgIpc) is 2.97. The molecule has 0 fully saturated rings. The van der Waals surface area contributed by atoms with Crippen molar-refractivity contribution in [2.45, 2.75) is 20.0 Å². The Bertz CT molecular complexity index is 1150. The van der Waals surface area contributed by atoms with Gasteiger partial charge in [0.15, 0.2) is 0 Å². The Morgan fingerprint density at radius 3 is 2.97 bits per heavy atom. The van der Waals surface area contributed by atoms with E-state index in [2.05, 4.69) is 21.4 Å². The van der Waals surface area contributed by atoms with Crippen molar-refractivity contribution >= 4 is 34.6 Å². The molecule has 0 aliphatic carbocycles. The number of likely N-dealkylation sites (N-methyl/N-ethyl adjacent to an activating group) is 2. The molecule has 0 spiro atoms. The number of nitrogens with zero attached hydrogens (tertiary/aromatic N) is 3. The summed E-state index contributed by atoms with van der Waals surface area (Å²) in [6.07, 6.45) is 5.03. The Balaban J connectivity index is 1.48. The van der Waals surface area contributed by atoms with Crippen LogP contribution in [0.5, 0.6) is 0 Å². The number of anilines is 1. The Hall–Kier alpha value is -3.61. The van der Waals surface area contributed by atoms with Crippen LogP contribution >= 0.6 is 0 Å². The zero-order valence-electron chi connectivity index (χ0n) is 17.4. The largest absolute Gasteiger partial charge is 0.361 e. The highest BCUT2D eigenvalue weighted by Crippen LogP contribution is 2.23. The molecule has 1 aliphatic heterocycles. The van der Waals surface area contributed by atoms with Crippen LogP contribution in [0.3, 0.4) is 0 Å². The number of aryl methyl sites for hydroxylation is 1. The zero-order valence-corrected chi connectivity index (χ0v) is 17.4. The third kappa shape index (κ3) is 3.91. The number of rotatable bonds is 4. The molecule has 3 aromatic rings. The summed E-state index contributed by atoms with van der Waals surface area (Å²) in [5, 5.41) is 4.19. The Labute approximate surface area is 175 Å². The highest BCUT2D eigenvalue weighted by atomic mass is 16.2. The van der Waals surface area contributed by atoms with Crippen molar-refractivity contribution in [2.75, 3.05) is 26.0 Å². The first kappa shape index (κ1) is 19.7. The van der Waals surface area contributed by atoms with Crippen LogP contribution in [0, 0.1) is 6.92 Å². The minimum atomic E-state index is -0.0833. The molecule has 4 rings (SSSR count). The van der Waals surface area contributed by atoms with Crippen LogP contribution < -0.4 is 5.32 Å². The molecule has 154 valence electrons. The molecule has 1 aliphatic rings. The maximum Gasteiger partial charge on any atom is 0.246 e. The summed E-state index contributed by atoms with van der Waals surface area (Å²) in [4.78, 5) is 35.7. The minimum Gasteiger partial charge on any atom is -0.361 e. The van der Waals surface area contributed by atoms with E-state index >= 15 is 0 Å². The van der Waals surface area contributed by atoms with Crippen molar-refractivity contribution in [3.8, 4) is 0 Å². The summed E-state index contributed by atoms with van der Waals surface area (Å²) in [6, 6.07) is 10.1. The molecule has 0 radical (unpaired) electrons. The van der Waals surface area contributed by atoms with Crippen molar-refractivity contribution in [3.63, 3.8) is 0 Å². The molecule has 0 bridgehead atoms. The number of benzene rings is 1. The van der Waals surface area contributed by atoms with Crippen LogP contribution in [0.2, 0.25) is 0 Å². The van der Waals surface area contributed by atoms with Crippen molar-refractivity contribution in [3.05, 3.63) is 65.0 Å². The maximum atomic E-state index is 12.7. The highest BCUT2D eigenvalue weighted by Gasteiger charge is 2.18. The lowest BCUT2D eigenvalue weighted by Crippen LogP contribution is -2.28. The molecule has 7 nitrogen and oxygen atoms in total. The molecule has 0 saturated heterocycles. The van der Waals surface area contributed by atoms with Gasteiger partial charge in [0.05, 0.1) is 6.54 Å². The fourth-order valence-corrected chi connectivity index (χ4v) is 3.69. The van der Waals surface area contributed by atoms with Crippen LogP contribution in [0.15, 0.2) is 42.6 Å². The molecule has 0 unspecified atom stereocenters. The number of amides is 2. The predicted octanol–water partition coefficient (Wildman–Crippen LogP) is 2.93. The maximum absolute atomic E-state index is 12.7. The highest BCUT2D eigenvalue weighted by molar-refractivity contribution is 5.92. The Morgan fingerprint density at radius 1 is 1.33 bits per heavy atom. The van der Waals surface area contributed by atoms with Crippen molar-refractivity contribution in [2.24, 2.45) is 0 Å². The summed E-state index contributed by atoms with van der Waals surface area (Å²) in [5.74, 6) is 0.651. The second-order valence-corrected chi connectivity index (χ2v) is 7.68. The molecular formula is C23H25N5O2. The Kier molecular flexibility index (Phi) is 5.27. The monoisotopic (exact) mass is 403 g/mol. The molecule has 3 heterocycles. The number of fused-ring (bicyclic) bond motifs is 2. The van der Waals surface area contributed by atoms with E-state index < -0.39 is 0 Å². The van der Waals surface area contributed by atoms with Crippen LogP contribution in [-0.2, 0) is 22.7 Å². The number of hydrogen-bond acceptors (Lipinski definition) is 4. The number of carbonyl (C=O) groups excluding carboxylic acids is 2. The first-order valence-corrected chi connectivity index (χ1v) is 9.88. The number of H-pyrrole nitrogens is 1. The number of aromatic amines is 1. The van der Waals surface area contributed by atoms with E-state index in [0.717, 1.165) is 33.3 Å². The number of hydrogen-bond donors (Lipinski definition) is 2. The van der Waals surface area contributed by atoms with Gasteiger partial charge < -0.3 is 20.1 Å². The summed E-state index contributed by atoms with van der Waals surface area (Å²) in [7, 11) is 3.57. The van der Waals surface area contributed by atoms with Gasteiger partial charge in [-0.3, -0.25) is 9.59 Å². The SMILES string of the molecule is Cc1[nH]c2ccccc2c1CN(C)C(=O)C=Cc1cnc2c(c1)CN(C)C(=O)CN2. The quantitative estimate of drug-likeness (QED) is 0.657. The first-order valence-electron chi connectivity index (χ1n) is 9.88. The summed E-state index contributed by atoms with van der Waals surface area (Å²) in [5.41, 5.74) is 5.03. The molecule has 1 aromatic carbocycles. The Morgan fingerprint density at radius 2 is 2.13 bits per heavy atom. The second-order valence-electron chi connectivity index (χ2n) is 7.68. The zero-order chi connectivity index (χ0) is 21.3. The number of nitrogens with one attached hydrogen (secondary N) is 2. The molecule has 0 atom stereocenters. The lowest BCUT2D eigenvalue weighted by molar-refractivity contribution is -0.128. The van der Waals surface area contributed by atoms with Crippen molar-refractivity contribution in [1.82, 2.24) is 19.8 Å². The number of pyridine rings is 1. The fraction of sp³-hybridized carbons (Fsp3) is 0.261. The molecule has 7 heteroatoms. The van der Waals surface area contributed by atoms with Gasteiger partial charge in [-0.05, 0) is 36.3 Å². The first-order chi connectivity index (χ1) is 14.4. The van der Waals surface area contributed by atoms with E-state index in [1.807, 2.05) is 31.2 Å². The van der Waals surface area contributed by atoms with Crippen LogP contribution in [0.25, 0.3) is 17.0 Å². The standard InChI is InChI=1S/C23H25N5O2/c1-15-19(18-6-4-5-7-20(18)26-15)14-28(3)21(29)9-8-16-10-17-13-27(2)22(30)12-25-23(17)24-11-16/h4-11,26H,12-14H2,1-3H3,(H,24,25). The molecule has 2 aromatic heterocycles. The van der Waals surface area contributed by atoms with Crippen LogP contribution in [-0.4, -0.2) is 52.2 Å². The molecular weight excluding hydrogens is 378 g/mol. The summed E-state index contributed by atoms with van der Waals surface area (Å²) < 4.78 is 0. The lowest BCUT2D eigenvalue weighted by Gasteiger charge is -2.15. The van der Waals surface area contributed by atoms with E-state index in [9.17, 15) is 9.59 Å². The van der Waals surface area contributed by atoms with Gasteiger partial charge in [-0.15, -0.1) is 0 Å². The summed E-state index contributed by atoms with van der Waals surface area (Å²) in [6.45, 7) is 3.28. The molecule has 30 heavy (non-hydrogen) atoms. The van der Waals surface area contributed by atoms with E-state index in [0.29, 0.717) is 18.9 Å². The third-order valence-electron chi connectivity index (χ3n) is 5.44. The van der Waals surface area contributed by atoms with Crippen LogP contribution in [0.1, 0.15) is 22.4 Å². The van der Waals surface area contributed by atoms with Crippen molar-refractivity contribution in [1.29, 1.82) is 0 Å². The van der Waals surface area contributed by atoms with E-state index in [4.69, 9.17) is 0 Å². The van der Waals surface area contributed by atoms with Gasteiger partial charge in [-0.2, -0.15) is 0 Å². The molecule has 0 saturated carbocycles. The summed E-state index contributed by atoms with van der Waals surface area (Å²) >= 11 is 0. The molecule has 2 amide bonds. The minimum absolute atomic E-state index is 0.0227. The van der Waals surface area contributed by atoms with Gasteiger partial charge in [0.2, 0.25) is 11.8 Å². The number of carbonyl (C=O) groups is 2. The fourth-order valence-electron chi connectivity index (χ4n) is 3.69. The second kappa shape index (κ2) is 8.02. The van der Waals surface area contributed by atoms with Gasteiger partial charge >= 0.3 is 0 Å². The van der Waals surface area contributed by atoms with Gasteiger partial charge in [0.25, 0.3) is 0 Å². The van der Waals surface area contributed by atoms with Gasteiger partial charge in [-0.25, -0.2) is 4.98 Å². The van der Waals surface area contributed by atoms with Gasteiger partial charge in [-0.1, -0.05) is 18.2 Å². The smallest absolute Gasteiger partial charge is 0.246 e. The molecule has 2 N–H and O–H groups in total. The number of para-hydroxylation sites is 1. The van der Waals surface area contributed by atoms with E-state index in [1.165, 1.54) is 0 Å². The van der Waals surface area contributed by atoms with E-state index in [1.54, 1.807) is 42.2 Å². The number of aromatic nitrogens is 2. The van der Waals surface area contributed by atoms with E-state index in [-0.39, 0.29) is 18.4 Å². The normalized spacial score (nSPS) is 14.0. The third-order valence-corrected chi connectivity index (χ3v) is 5.44. The van der Waals surface area contributed by atoms with Gasteiger partial charge in [0.1, 0.15) is 5.82 Å². The topological polar surface area (TPSA) is 81.3 Å². The average molecular weight is 403 g/mol. The lowest BCUT2D eigenvalue weighted by atomic mass is 10.1. The predicted molar refractivity (Wildman–Crippen MR) is 118 cm³/mol. The van der Waals surface area contributed by atoms with Gasteiger partial charge in [0, 0.05) is 61.6 Å².